The summed E-state index contributed by atoms with van der Waals surface area (Å²) in [6, 6.07) is 15.0. The fraction of sp³-hybridized carbons (Fsp3) is 0.150. The number of nitrogens with zero attached hydrogens (tertiary/aromatic N) is 2. The molecule has 1 heterocycles. The van der Waals surface area contributed by atoms with Crippen molar-refractivity contribution in [1.29, 1.82) is 0 Å². The van der Waals surface area contributed by atoms with E-state index in [1.807, 2.05) is 36.4 Å². The van der Waals surface area contributed by atoms with E-state index in [-0.39, 0.29) is 11.6 Å². The molecule has 1 amide bonds. The van der Waals surface area contributed by atoms with Gasteiger partial charge >= 0.3 is 0 Å². The first-order chi connectivity index (χ1) is 13.2. The average Bonchev–Trinajstić information content (AvgIpc) is 2.69. The Kier molecular flexibility index (Phi) is 6.22. The van der Waals surface area contributed by atoms with Crippen LogP contribution in [0.5, 0.6) is 5.75 Å². The van der Waals surface area contributed by atoms with Crippen molar-refractivity contribution in [2.24, 2.45) is 0 Å². The van der Waals surface area contributed by atoms with Gasteiger partial charge in [-0.1, -0.05) is 35.9 Å². The second-order valence-corrected chi connectivity index (χ2v) is 6.18. The number of carbonyl (C=O) groups excluding carboxylic acids is 1. The van der Waals surface area contributed by atoms with E-state index in [1.165, 1.54) is 12.4 Å². The predicted molar refractivity (Wildman–Crippen MR) is 106 cm³/mol. The molecule has 0 bridgehead atoms. The second-order valence-electron chi connectivity index (χ2n) is 5.74. The fourth-order valence-corrected chi connectivity index (χ4v) is 2.73. The van der Waals surface area contributed by atoms with Crippen LogP contribution in [0.15, 0.2) is 60.9 Å². The molecule has 7 heteroatoms. The Labute approximate surface area is 162 Å². The van der Waals surface area contributed by atoms with Gasteiger partial charge in [0.25, 0.3) is 5.91 Å². The van der Waals surface area contributed by atoms with Crippen LogP contribution < -0.4 is 15.4 Å². The van der Waals surface area contributed by atoms with E-state index < -0.39 is 0 Å². The standard InChI is InChI=1S/C20H19ClN4O2/c1-27-18-8-3-2-5-14(18)9-10-22-20(26)17-12-24-19(13-23-17)25-16-7-4-6-15(21)11-16/h2-8,11-13H,9-10H2,1H3,(H,22,26)(H,24,25). The summed E-state index contributed by atoms with van der Waals surface area (Å²) in [5.74, 6) is 1.07. The molecule has 0 radical (unpaired) electrons. The number of hydrogen-bond donors (Lipinski definition) is 2. The van der Waals surface area contributed by atoms with E-state index in [9.17, 15) is 4.79 Å². The molecule has 3 rings (SSSR count). The minimum atomic E-state index is -0.272. The molecule has 0 aliphatic heterocycles. The number of benzene rings is 2. The van der Waals surface area contributed by atoms with Crippen molar-refractivity contribution in [3.63, 3.8) is 0 Å². The van der Waals surface area contributed by atoms with Crippen LogP contribution in [0, 0.1) is 0 Å². The van der Waals surface area contributed by atoms with Crippen molar-refractivity contribution < 1.29 is 9.53 Å². The first-order valence-electron chi connectivity index (χ1n) is 8.40. The number of nitrogens with one attached hydrogen (secondary N) is 2. The molecule has 6 nitrogen and oxygen atoms in total. The van der Waals surface area contributed by atoms with Gasteiger partial charge in [-0.3, -0.25) is 4.79 Å². The van der Waals surface area contributed by atoms with Crippen LogP contribution in [0.3, 0.4) is 0 Å². The van der Waals surface area contributed by atoms with Crippen molar-refractivity contribution in [1.82, 2.24) is 15.3 Å². The molecule has 0 aliphatic carbocycles. The highest BCUT2D eigenvalue weighted by atomic mass is 35.5. The Hall–Kier alpha value is -3.12. The highest BCUT2D eigenvalue weighted by molar-refractivity contribution is 6.30. The number of carbonyl (C=O) groups is 1. The van der Waals surface area contributed by atoms with Gasteiger partial charge in [0.05, 0.1) is 19.5 Å². The molecule has 0 saturated carbocycles. The summed E-state index contributed by atoms with van der Waals surface area (Å²) in [6.07, 6.45) is 3.61. The third kappa shape index (κ3) is 5.18. The summed E-state index contributed by atoms with van der Waals surface area (Å²) < 4.78 is 5.31. The third-order valence-electron chi connectivity index (χ3n) is 3.85. The van der Waals surface area contributed by atoms with Crippen LogP contribution in [0.2, 0.25) is 5.02 Å². The van der Waals surface area contributed by atoms with Gasteiger partial charge in [-0.2, -0.15) is 0 Å². The molecule has 0 fully saturated rings. The zero-order valence-corrected chi connectivity index (χ0v) is 15.5. The van der Waals surface area contributed by atoms with E-state index in [1.54, 1.807) is 19.2 Å². The molecule has 138 valence electrons. The van der Waals surface area contributed by atoms with Crippen LogP contribution >= 0.6 is 11.6 Å². The lowest BCUT2D eigenvalue weighted by atomic mass is 10.1. The van der Waals surface area contributed by atoms with Gasteiger partial charge in [0, 0.05) is 17.3 Å². The number of hydrogen-bond acceptors (Lipinski definition) is 5. The van der Waals surface area contributed by atoms with E-state index in [0.29, 0.717) is 23.8 Å². The largest absolute Gasteiger partial charge is 0.496 e. The fourth-order valence-electron chi connectivity index (χ4n) is 2.53. The maximum atomic E-state index is 12.2. The minimum absolute atomic E-state index is 0.256. The number of methoxy groups -OCH3 is 1. The van der Waals surface area contributed by atoms with Crippen molar-refractivity contribution in [2.75, 3.05) is 19.0 Å². The van der Waals surface area contributed by atoms with Crippen LogP contribution in [-0.2, 0) is 6.42 Å². The van der Waals surface area contributed by atoms with Crippen LogP contribution in [0.1, 0.15) is 16.1 Å². The maximum Gasteiger partial charge on any atom is 0.271 e. The van der Waals surface area contributed by atoms with Gasteiger partial charge in [-0.05, 0) is 36.2 Å². The summed E-state index contributed by atoms with van der Waals surface area (Å²) in [5.41, 5.74) is 2.09. The first kappa shape index (κ1) is 18.7. The second kappa shape index (κ2) is 9.00. The SMILES string of the molecule is COc1ccccc1CCNC(=O)c1cnc(Nc2cccc(Cl)c2)cn1. The summed E-state index contributed by atoms with van der Waals surface area (Å²) in [6.45, 7) is 0.476. The minimum Gasteiger partial charge on any atom is -0.496 e. The molecule has 3 aromatic rings. The van der Waals surface area contributed by atoms with E-state index in [4.69, 9.17) is 16.3 Å². The zero-order valence-electron chi connectivity index (χ0n) is 14.8. The molecule has 2 aromatic carbocycles. The zero-order chi connectivity index (χ0) is 19.1. The van der Waals surface area contributed by atoms with Crippen LogP contribution in [0.4, 0.5) is 11.5 Å². The molecule has 0 spiro atoms. The summed E-state index contributed by atoms with van der Waals surface area (Å²) in [4.78, 5) is 20.6. The number of halogens is 1. The highest BCUT2D eigenvalue weighted by Gasteiger charge is 2.09. The van der Waals surface area contributed by atoms with E-state index >= 15 is 0 Å². The van der Waals surface area contributed by atoms with Crippen molar-refractivity contribution in [2.45, 2.75) is 6.42 Å². The van der Waals surface area contributed by atoms with Crippen molar-refractivity contribution >= 4 is 29.0 Å². The smallest absolute Gasteiger partial charge is 0.271 e. The quantitative estimate of drug-likeness (QED) is 0.649. The number of amides is 1. The number of anilines is 2. The molecule has 0 aliphatic rings. The third-order valence-corrected chi connectivity index (χ3v) is 4.09. The van der Waals surface area contributed by atoms with Gasteiger partial charge in [-0.25, -0.2) is 9.97 Å². The predicted octanol–water partition coefficient (Wildman–Crippen LogP) is 3.85. The summed E-state index contributed by atoms with van der Waals surface area (Å²) in [7, 11) is 1.63. The van der Waals surface area contributed by atoms with Crippen molar-refractivity contribution in [3.8, 4) is 5.75 Å². The molecule has 2 N–H and O–H groups in total. The van der Waals surface area contributed by atoms with Crippen LogP contribution in [-0.4, -0.2) is 29.5 Å². The lowest BCUT2D eigenvalue weighted by Crippen LogP contribution is -2.26. The molecular weight excluding hydrogens is 364 g/mol. The summed E-state index contributed by atoms with van der Waals surface area (Å²) >= 11 is 5.95. The molecule has 0 saturated heterocycles. The topological polar surface area (TPSA) is 76.1 Å². The lowest BCUT2D eigenvalue weighted by Gasteiger charge is -2.09. The van der Waals surface area contributed by atoms with Gasteiger partial charge < -0.3 is 15.4 Å². The Bertz CT molecular complexity index is 916. The molecule has 1 aromatic heterocycles. The van der Waals surface area contributed by atoms with E-state index in [0.717, 1.165) is 17.0 Å². The Morgan fingerprint density at radius 2 is 1.96 bits per heavy atom. The van der Waals surface area contributed by atoms with Crippen molar-refractivity contribution in [3.05, 3.63) is 77.2 Å². The Balaban J connectivity index is 1.54. The maximum absolute atomic E-state index is 12.2. The van der Waals surface area contributed by atoms with Gasteiger partial charge in [0.2, 0.25) is 0 Å². The number of para-hydroxylation sites is 1. The molecule has 0 unspecified atom stereocenters. The Morgan fingerprint density at radius 1 is 1.11 bits per heavy atom. The van der Waals surface area contributed by atoms with Gasteiger partial charge in [0.1, 0.15) is 17.3 Å². The monoisotopic (exact) mass is 382 g/mol. The van der Waals surface area contributed by atoms with Crippen LogP contribution in [0.25, 0.3) is 0 Å². The Morgan fingerprint density at radius 3 is 2.70 bits per heavy atom. The molecular formula is C20H19ClN4O2. The number of rotatable bonds is 7. The number of ether oxygens (including phenoxy) is 1. The average molecular weight is 383 g/mol. The molecule has 0 atom stereocenters. The molecule has 27 heavy (non-hydrogen) atoms. The lowest BCUT2D eigenvalue weighted by molar-refractivity contribution is 0.0948. The summed E-state index contributed by atoms with van der Waals surface area (Å²) in [5, 5.41) is 6.55. The number of aromatic nitrogens is 2. The van der Waals surface area contributed by atoms with Gasteiger partial charge in [0.15, 0.2) is 0 Å². The highest BCUT2D eigenvalue weighted by Crippen LogP contribution is 2.19. The normalized spacial score (nSPS) is 10.3. The van der Waals surface area contributed by atoms with E-state index in [2.05, 4.69) is 20.6 Å². The first-order valence-corrected chi connectivity index (χ1v) is 8.78. The van der Waals surface area contributed by atoms with Gasteiger partial charge in [-0.15, -0.1) is 0 Å².